The zero-order chi connectivity index (χ0) is 24.8. The van der Waals surface area contributed by atoms with Gasteiger partial charge in [0.2, 0.25) is 0 Å². The summed E-state index contributed by atoms with van der Waals surface area (Å²) in [7, 11) is 1.93. The number of aromatic nitrogens is 2. The van der Waals surface area contributed by atoms with Crippen LogP contribution < -0.4 is 15.8 Å². The number of nitriles is 1. The van der Waals surface area contributed by atoms with Crippen molar-refractivity contribution in [3.8, 4) is 17.3 Å². The molecule has 2 aromatic heterocycles. The molecule has 4 aromatic rings. The Bertz CT molecular complexity index is 1540. The number of anilines is 2. The van der Waals surface area contributed by atoms with E-state index in [0.717, 1.165) is 49.8 Å². The Kier molecular flexibility index (Phi) is 5.82. The molecule has 1 saturated heterocycles. The summed E-state index contributed by atoms with van der Waals surface area (Å²) in [6.07, 6.45) is 6.13. The highest BCUT2D eigenvalue weighted by Crippen LogP contribution is 2.40. The molecule has 0 radical (unpaired) electrons. The molecular formula is C28H26FN5OS. The smallest absolute Gasteiger partial charge is 0.258 e. The van der Waals surface area contributed by atoms with E-state index in [4.69, 9.17) is 4.98 Å². The summed E-state index contributed by atoms with van der Waals surface area (Å²) >= 11 is 1.30. The quantitative estimate of drug-likeness (QED) is 0.381. The van der Waals surface area contributed by atoms with E-state index < -0.39 is 0 Å². The fourth-order valence-electron chi connectivity index (χ4n) is 5.09. The topological polar surface area (TPSA) is 74.0 Å². The minimum atomic E-state index is -0.330. The van der Waals surface area contributed by atoms with Crippen molar-refractivity contribution in [1.82, 2.24) is 14.9 Å². The number of hydrogen-bond acceptors (Lipinski definition) is 6. The first-order chi connectivity index (χ1) is 17.5. The predicted octanol–water partition coefficient (Wildman–Crippen LogP) is 5.71. The standard InChI is InChI=1S/C28H26FN5OS/c1-33(28-32-26(25(15-30)36-28)18-2-5-20(29)6-3-18)24-16-34(21-7-8-21)27(35)22-9-4-19(14-23(22)24)17-10-12-31-13-11-17/h2-6,9,14,16-17,21,31H,7-8,10-13H2,1H3. The molecule has 2 aromatic carbocycles. The molecule has 6 nitrogen and oxygen atoms in total. The summed E-state index contributed by atoms with van der Waals surface area (Å²) in [5.74, 6) is 0.137. The molecule has 0 unspecified atom stereocenters. The van der Waals surface area contributed by atoms with Gasteiger partial charge in [0.15, 0.2) is 5.13 Å². The van der Waals surface area contributed by atoms with Gasteiger partial charge in [-0.3, -0.25) is 4.79 Å². The lowest BCUT2D eigenvalue weighted by atomic mass is 9.89. The van der Waals surface area contributed by atoms with E-state index in [2.05, 4.69) is 23.5 Å². The third-order valence-electron chi connectivity index (χ3n) is 7.28. The first-order valence-corrected chi connectivity index (χ1v) is 13.1. The maximum Gasteiger partial charge on any atom is 0.258 e. The van der Waals surface area contributed by atoms with Gasteiger partial charge in [-0.05, 0) is 86.7 Å². The van der Waals surface area contributed by atoms with Gasteiger partial charge in [-0.1, -0.05) is 17.4 Å². The predicted molar refractivity (Wildman–Crippen MR) is 142 cm³/mol. The number of piperidine rings is 1. The summed E-state index contributed by atoms with van der Waals surface area (Å²) in [5, 5.41) is 15.5. The number of pyridine rings is 1. The SMILES string of the molecule is CN(c1nc(-c2ccc(F)cc2)c(C#N)s1)c1cn(C2CC2)c(=O)c2ccc(C3CCNCC3)cc12. The van der Waals surface area contributed by atoms with Crippen molar-refractivity contribution < 1.29 is 4.39 Å². The third-order valence-corrected chi connectivity index (χ3v) is 8.32. The van der Waals surface area contributed by atoms with Gasteiger partial charge >= 0.3 is 0 Å². The van der Waals surface area contributed by atoms with Crippen LogP contribution in [0.15, 0.2) is 53.5 Å². The van der Waals surface area contributed by atoms with E-state index in [1.807, 2.05) is 28.8 Å². The number of rotatable bonds is 5. The molecule has 1 aliphatic carbocycles. The number of nitrogens with zero attached hydrogens (tertiary/aromatic N) is 4. The molecule has 3 heterocycles. The number of fused-ring (bicyclic) bond motifs is 1. The lowest BCUT2D eigenvalue weighted by molar-refractivity contribution is 0.460. The third kappa shape index (κ3) is 4.08. The highest BCUT2D eigenvalue weighted by molar-refractivity contribution is 7.16. The summed E-state index contributed by atoms with van der Waals surface area (Å²) in [5.41, 5.74) is 3.44. The minimum Gasteiger partial charge on any atom is -0.319 e. The van der Waals surface area contributed by atoms with Crippen LogP contribution in [0.3, 0.4) is 0 Å². The van der Waals surface area contributed by atoms with E-state index in [-0.39, 0.29) is 17.4 Å². The number of hydrogen-bond donors (Lipinski definition) is 1. The monoisotopic (exact) mass is 499 g/mol. The van der Waals surface area contributed by atoms with E-state index in [1.165, 1.54) is 29.0 Å². The first kappa shape index (κ1) is 22.9. The van der Waals surface area contributed by atoms with Gasteiger partial charge < -0.3 is 14.8 Å². The van der Waals surface area contributed by atoms with E-state index >= 15 is 0 Å². The van der Waals surface area contributed by atoms with Gasteiger partial charge in [-0.2, -0.15) is 5.26 Å². The number of halogens is 1. The Balaban J connectivity index is 1.48. The van der Waals surface area contributed by atoms with Crippen molar-refractivity contribution in [2.24, 2.45) is 0 Å². The fraction of sp³-hybridized carbons (Fsp3) is 0.321. The lowest BCUT2D eigenvalue weighted by Gasteiger charge is -2.25. The van der Waals surface area contributed by atoms with Crippen LogP contribution in [0.4, 0.5) is 15.2 Å². The average Bonchev–Trinajstić information content (AvgIpc) is 3.67. The highest BCUT2D eigenvalue weighted by atomic mass is 32.1. The van der Waals surface area contributed by atoms with Gasteiger partial charge in [0.25, 0.3) is 5.56 Å². The van der Waals surface area contributed by atoms with Crippen LogP contribution in [-0.2, 0) is 0 Å². The van der Waals surface area contributed by atoms with E-state index in [9.17, 15) is 14.4 Å². The molecule has 36 heavy (non-hydrogen) atoms. The molecule has 182 valence electrons. The maximum absolute atomic E-state index is 13.5. The molecule has 0 atom stereocenters. The molecule has 2 aliphatic rings. The Morgan fingerprint density at radius 2 is 1.86 bits per heavy atom. The molecule has 1 aliphatic heterocycles. The van der Waals surface area contributed by atoms with Crippen LogP contribution in [0.5, 0.6) is 0 Å². The summed E-state index contributed by atoms with van der Waals surface area (Å²) in [6.45, 7) is 2.00. The highest BCUT2D eigenvalue weighted by Gasteiger charge is 2.28. The summed E-state index contributed by atoms with van der Waals surface area (Å²) < 4.78 is 15.3. The minimum absolute atomic E-state index is 0.0466. The molecule has 8 heteroatoms. The van der Waals surface area contributed by atoms with Crippen LogP contribution in [0.2, 0.25) is 0 Å². The Labute approximate surface area is 212 Å². The van der Waals surface area contributed by atoms with Crippen LogP contribution in [-0.4, -0.2) is 29.7 Å². The molecule has 2 fully saturated rings. The largest absolute Gasteiger partial charge is 0.319 e. The Hall–Kier alpha value is -3.54. The molecule has 6 rings (SSSR count). The molecular weight excluding hydrogens is 473 g/mol. The Morgan fingerprint density at radius 1 is 1.11 bits per heavy atom. The van der Waals surface area contributed by atoms with E-state index in [0.29, 0.717) is 32.6 Å². The van der Waals surface area contributed by atoms with Crippen molar-refractivity contribution in [2.75, 3.05) is 25.0 Å². The molecule has 0 spiro atoms. The molecule has 0 bridgehead atoms. The molecule has 1 N–H and O–H groups in total. The maximum atomic E-state index is 13.5. The van der Waals surface area contributed by atoms with Crippen molar-refractivity contribution in [3.05, 3.63) is 75.3 Å². The van der Waals surface area contributed by atoms with Gasteiger partial charge in [0, 0.05) is 35.6 Å². The van der Waals surface area contributed by atoms with Crippen LogP contribution >= 0.6 is 11.3 Å². The van der Waals surface area contributed by atoms with Gasteiger partial charge in [0.05, 0.1) is 5.69 Å². The average molecular weight is 500 g/mol. The second kappa shape index (κ2) is 9.16. The van der Waals surface area contributed by atoms with Crippen molar-refractivity contribution in [2.45, 2.75) is 37.6 Å². The van der Waals surface area contributed by atoms with Crippen LogP contribution in [0.1, 0.15) is 48.1 Å². The zero-order valence-electron chi connectivity index (χ0n) is 20.0. The molecule has 1 saturated carbocycles. The van der Waals surface area contributed by atoms with Crippen LogP contribution in [0.25, 0.3) is 22.0 Å². The zero-order valence-corrected chi connectivity index (χ0v) is 20.8. The first-order valence-electron chi connectivity index (χ1n) is 12.3. The second-order valence-electron chi connectivity index (χ2n) is 9.64. The molecule has 0 amide bonds. The number of benzene rings is 2. The Morgan fingerprint density at radius 3 is 2.56 bits per heavy atom. The lowest BCUT2D eigenvalue weighted by Crippen LogP contribution is -2.26. The van der Waals surface area contributed by atoms with Crippen molar-refractivity contribution in [1.29, 1.82) is 5.26 Å². The summed E-state index contributed by atoms with van der Waals surface area (Å²) in [6, 6.07) is 14.8. The van der Waals surface area contributed by atoms with E-state index in [1.54, 1.807) is 12.1 Å². The van der Waals surface area contributed by atoms with Crippen molar-refractivity contribution in [3.63, 3.8) is 0 Å². The summed E-state index contributed by atoms with van der Waals surface area (Å²) in [4.78, 5) is 20.6. The normalized spacial score (nSPS) is 16.2. The number of nitrogens with one attached hydrogen (secondary N) is 1. The van der Waals surface area contributed by atoms with Crippen molar-refractivity contribution >= 4 is 32.9 Å². The van der Waals surface area contributed by atoms with Gasteiger partial charge in [0.1, 0.15) is 22.5 Å². The van der Waals surface area contributed by atoms with Gasteiger partial charge in [-0.25, -0.2) is 9.37 Å². The fourth-order valence-corrected chi connectivity index (χ4v) is 5.95. The number of thiazole rings is 1. The second-order valence-corrected chi connectivity index (χ2v) is 10.6. The van der Waals surface area contributed by atoms with Gasteiger partial charge in [-0.15, -0.1) is 0 Å². The van der Waals surface area contributed by atoms with Crippen LogP contribution in [0, 0.1) is 17.1 Å².